The largest absolute Gasteiger partial charge is 0.334 e. The maximum atomic E-state index is 12.1. The Hall–Kier alpha value is -2.48. The van der Waals surface area contributed by atoms with E-state index in [1.54, 1.807) is 12.4 Å². The quantitative estimate of drug-likeness (QED) is 0.773. The first-order chi connectivity index (χ1) is 12.2. The molecule has 3 amide bonds. The van der Waals surface area contributed by atoms with Crippen molar-refractivity contribution in [3.63, 3.8) is 0 Å². The highest BCUT2D eigenvalue weighted by atomic mass is 16.2. The topological polar surface area (TPSA) is 90.5 Å². The van der Waals surface area contributed by atoms with E-state index in [0.29, 0.717) is 25.5 Å². The molecule has 2 N–H and O–H groups in total. The molecule has 0 bridgehead atoms. The molecule has 8 nitrogen and oxygen atoms in total. The van der Waals surface area contributed by atoms with E-state index >= 15 is 0 Å². The molecule has 1 saturated heterocycles. The SMILES string of the molecule is O=C(CN1CCC=C(CNC(=O)N2CCCC2)C1)Nc1cnccn1. The Morgan fingerprint density at radius 1 is 1.16 bits per heavy atom. The van der Waals surface area contributed by atoms with Crippen LogP contribution in [0.15, 0.2) is 30.2 Å². The third-order valence-corrected chi connectivity index (χ3v) is 4.36. The molecular formula is C17H24N6O2. The summed E-state index contributed by atoms with van der Waals surface area (Å²) in [6.07, 6.45) is 9.84. The number of nitrogens with one attached hydrogen (secondary N) is 2. The second-order valence-electron chi connectivity index (χ2n) is 6.35. The Bertz CT molecular complexity index is 627. The molecule has 3 rings (SSSR count). The zero-order valence-corrected chi connectivity index (χ0v) is 14.3. The molecule has 2 aliphatic heterocycles. The van der Waals surface area contributed by atoms with Crippen LogP contribution in [-0.4, -0.2) is 71.0 Å². The molecule has 0 aliphatic carbocycles. The molecule has 0 spiro atoms. The number of amides is 3. The first-order valence-electron chi connectivity index (χ1n) is 8.69. The number of anilines is 1. The smallest absolute Gasteiger partial charge is 0.317 e. The van der Waals surface area contributed by atoms with Gasteiger partial charge in [0.2, 0.25) is 5.91 Å². The fourth-order valence-corrected chi connectivity index (χ4v) is 3.12. The molecule has 0 saturated carbocycles. The van der Waals surface area contributed by atoms with Crippen LogP contribution in [0.3, 0.4) is 0 Å². The van der Waals surface area contributed by atoms with Gasteiger partial charge in [-0.3, -0.25) is 14.7 Å². The number of urea groups is 1. The van der Waals surface area contributed by atoms with Gasteiger partial charge < -0.3 is 15.5 Å². The van der Waals surface area contributed by atoms with Gasteiger partial charge in [0.15, 0.2) is 5.82 Å². The van der Waals surface area contributed by atoms with Crippen molar-refractivity contribution >= 4 is 17.8 Å². The van der Waals surface area contributed by atoms with E-state index in [9.17, 15) is 9.59 Å². The zero-order valence-electron chi connectivity index (χ0n) is 14.3. The van der Waals surface area contributed by atoms with E-state index in [1.807, 2.05) is 4.90 Å². The van der Waals surface area contributed by atoms with E-state index < -0.39 is 0 Å². The lowest BCUT2D eigenvalue weighted by Gasteiger charge is -2.27. The third kappa shape index (κ3) is 5.25. The Kier molecular flexibility index (Phi) is 5.95. The van der Waals surface area contributed by atoms with Gasteiger partial charge in [0.05, 0.1) is 12.7 Å². The van der Waals surface area contributed by atoms with Gasteiger partial charge in [0.25, 0.3) is 0 Å². The molecule has 1 aromatic heterocycles. The molecule has 8 heteroatoms. The summed E-state index contributed by atoms with van der Waals surface area (Å²) >= 11 is 0. The first-order valence-corrected chi connectivity index (χ1v) is 8.69. The molecule has 134 valence electrons. The van der Waals surface area contributed by atoms with Crippen LogP contribution < -0.4 is 10.6 Å². The van der Waals surface area contributed by atoms with Gasteiger partial charge in [-0.15, -0.1) is 0 Å². The second-order valence-corrected chi connectivity index (χ2v) is 6.35. The number of rotatable bonds is 5. The molecule has 1 fully saturated rings. The average Bonchev–Trinajstić information content (AvgIpc) is 3.15. The molecule has 0 atom stereocenters. The number of hydrogen-bond acceptors (Lipinski definition) is 5. The summed E-state index contributed by atoms with van der Waals surface area (Å²) in [5, 5.41) is 5.72. The fourth-order valence-electron chi connectivity index (χ4n) is 3.12. The van der Waals surface area contributed by atoms with Crippen molar-refractivity contribution < 1.29 is 9.59 Å². The lowest BCUT2D eigenvalue weighted by atomic mass is 10.1. The van der Waals surface area contributed by atoms with Crippen LogP contribution in [0.2, 0.25) is 0 Å². The maximum Gasteiger partial charge on any atom is 0.317 e. The van der Waals surface area contributed by atoms with Gasteiger partial charge in [-0.1, -0.05) is 6.08 Å². The number of likely N-dealkylation sites (tertiary alicyclic amines) is 1. The summed E-state index contributed by atoms with van der Waals surface area (Å²) in [7, 11) is 0. The van der Waals surface area contributed by atoms with Crippen molar-refractivity contribution in [3.8, 4) is 0 Å². The summed E-state index contributed by atoms with van der Waals surface area (Å²) in [6.45, 7) is 4.05. The molecular weight excluding hydrogens is 320 g/mol. The van der Waals surface area contributed by atoms with Gasteiger partial charge in [-0.25, -0.2) is 9.78 Å². The Morgan fingerprint density at radius 2 is 2.00 bits per heavy atom. The maximum absolute atomic E-state index is 12.1. The summed E-state index contributed by atoms with van der Waals surface area (Å²) in [6, 6.07) is 0.0101. The van der Waals surface area contributed by atoms with Crippen LogP contribution in [0, 0.1) is 0 Å². The summed E-state index contributed by atoms with van der Waals surface area (Å²) in [5.41, 5.74) is 1.14. The van der Waals surface area contributed by atoms with Gasteiger partial charge in [-0.2, -0.15) is 0 Å². The van der Waals surface area contributed by atoms with Gasteiger partial charge in [0, 0.05) is 45.1 Å². The van der Waals surface area contributed by atoms with Crippen LogP contribution in [0.4, 0.5) is 10.6 Å². The number of carbonyl (C=O) groups is 2. The highest BCUT2D eigenvalue weighted by Gasteiger charge is 2.19. The van der Waals surface area contributed by atoms with Crippen molar-refractivity contribution in [2.45, 2.75) is 19.3 Å². The van der Waals surface area contributed by atoms with Crippen LogP contribution >= 0.6 is 0 Å². The predicted molar refractivity (Wildman–Crippen MR) is 94.0 cm³/mol. The zero-order chi connectivity index (χ0) is 17.5. The summed E-state index contributed by atoms with van der Waals surface area (Å²) in [4.78, 5) is 36.1. The van der Waals surface area contributed by atoms with Crippen molar-refractivity contribution in [1.82, 2.24) is 25.1 Å². The number of aromatic nitrogens is 2. The number of carbonyl (C=O) groups excluding carboxylic acids is 2. The van der Waals surface area contributed by atoms with E-state index in [-0.39, 0.29) is 11.9 Å². The Morgan fingerprint density at radius 3 is 2.76 bits per heavy atom. The van der Waals surface area contributed by atoms with Crippen molar-refractivity contribution in [2.75, 3.05) is 44.6 Å². The minimum atomic E-state index is -0.108. The van der Waals surface area contributed by atoms with E-state index in [0.717, 1.165) is 44.5 Å². The minimum Gasteiger partial charge on any atom is -0.334 e. The summed E-state index contributed by atoms with van der Waals surface area (Å²) in [5.74, 6) is 0.348. The Balaban J connectivity index is 1.42. The predicted octanol–water partition coefficient (Wildman–Crippen LogP) is 0.853. The highest BCUT2D eigenvalue weighted by molar-refractivity contribution is 5.91. The fraction of sp³-hybridized carbons (Fsp3) is 0.529. The van der Waals surface area contributed by atoms with Crippen LogP contribution in [0.5, 0.6) is 0 Å². The van der Waals surface area contributed by atoms with Gasteiger partial charge in [0.1, 0.15) is 0 Å². The summed E-state index contributed by atoms with van der Waals surface area (Å²) < 4.78 is 0. The standard InChI is InChI=1S/C17H24N6O2/c24-16(21-15-11-18-5-6-19-15)13-22-7-3-4-14(12-22)10-20-17(25)23-8-1-2-9-23/h4-6,11H,1-3,7-10,12-13H2,(H,20,25)(H,19,21,24). The van der Waals surface area contributed by atoms with E-state index in [1.165, 1.54) is 6.20 Å². The molecule has 3 heterocycles. The number of hydrogen-bond donors (Lipinski definition) is 2. The van der Waals surface area contributed by atoms with Gasteiger partial charge in [-0.05, 0) is 24.8 Å². The van der Waals surface area contributed by atoms with Crippen LogP contribution in [0.25, 0.3) is 0 Å². The van der Waals surface area contributed by atoms with Crippen molar-refractivity contribution in [2.24, 2.45) is 0 Å². The number of nitrogens with zero attached hydrogens (tertiary/aromatic N) is 4. The molecule has 0 aromatic carbocycles. The Labute approximate surface area is 147 Å². The minimum absolute atomic E-state index is 0.0101. The van der Waals surface area contributed by atoms with Crippen molar-refractivity contribution in [1.29, 1.82) is 0 Å². The lowest BCUT2D eigenvalue weighted by molar-refractivity contribution is -0.117. The molecule has 1 aromatic rings. The van der Waals surface area contributed by atoms with Crippen LogP contribution in [0.1, 0.15) is 19.3 Å². The molecule has 0 radical (unpaired) electrons. The second kappa shape index (κ2) is 8.57. The molecule has 0 unspecified atom stereocenters. The van der Waals surface area contributed by atoms with E-state index in [4.69, 9.17) is 0 Å². The molecule has 2 aliphatic rings. The molecule has 25 heavy (non-hydrogen) atoms. The highest BCUT2D eigenvalue weighted by Crippen LogP contribution is 2.11. The monoisotopic (exact) mass is 344 g/mol. The van der Waals surface area contributed by atoms with Gasteiger partial charge >= 0.3 is 6.03 Å². The van der Waals surface area contributed by atoms with Crippen molar-refractivity contribution in [3.05, 3.63) is 30.2 Å². The third-order valence-electron chi connectivity index (χ3n) is 4.36. The normalized spacial score (nSPS) is 17.9. The first kappa shape index (κ1) is 17.3. The lowest BCUT2D eigenvalue weighted by Crippen LogP contribution is -2.42. The van der Waals surface area contributed by atoms with E-state index in [2.05, 4.69) is 31.6 Å². The average molecular weight is 344 g/mol. The van der Waals surface area contributed by atoms with Crippen LogP contribution in [-0.2, 0) is 4.79 Å².